The van der Waals surface area contributed by atoms with Crippen molar-refractivity contribution in [2.75, 3.05) is 0 Å². The first-order chi connectivity index (χ1) is 7.61. The first-order valence-electron chi connectivity index (χ1n) is 4.88. The van der Waals surface area contributed by atoms with E-state index >= 15 is 0 Å². The highest BCUT2D eigenvalue weighted by Crippen LogP contribution is 2.33. The highest BCUT2D eigenvalue weighted by molar-refractivity contribution is 7.10. The number of rotatable bonds is 2. The summed E-state index contributed by atoms with van der Waals surface area (Å²) in [6.45, 7) is 1.81. The van der Waals surface area contributed by atoms with Crippen molar-refractivity contribution < 1.29 is 9.50 Å². The zero-order chi connectivity index (χ0) is 11.7. The Bertz CT molecular complexity index is 501. The molecule has 1 heterocycles. The molecule has 2 nitrogen and oxygen atoms in total. The minimum Gasteiger partial charge on any atom is -0.505 e. The fraction of sp³-hybridized carbons (Fsp3) is 0.167. The molecule has 0 fully saturated rings. The zero-order valence-corrected chi connectivity index (χ0v) is 10.8. The minimum atomic E-state index is -0.632. The monoisotopic (exact) mass is 273 g/mol. The van der Waals surface area contributed by atoms with E-state index in [0.717, 1.165) is 10.4 Å². The third kappa shape index (κ3) is 2.60. The van der Waals surface area contributed by atoms with Crippen molar-refractivity contribution in [3.63, 3.8) is 0 Å². The number of thiophene rings is 1. The van der Waals surface area contributed by atoms with Crippen LogP contribution in [0.25, 0.3) is 0 Å². The van der Waals surface area contributed by atoms with E-state index in [2.05, 4.69) is 0 Å². The van der Waals surface area contributed by atoms with E-state index in [1.165, 1.54) is 17.4 Å². The highest BCUT2D eigenvalue weighted by atomic mass is 35.5. The number of phenols is 1. The summed E-state index contributed by atoms with van der Waals surface area (Å²) in [7, 11) is 0. The summed E-state index contributed by atoms with van der Waals surface area (Å²) in [6.07, 6.45) is 0. The first kappa shape index (κ1) is 14.0. The number of phenolic OH excluding ortho intramolecular Hbond substituents is 1. The molecule has 2 rings (SSSR count). The normalized spacial score (nSPS) is 11.9. The largest absolute Gasteiger partial charge is 0.505 e. The molecule has 5 heteroatoms. The fourth-order valence-electron chi connectivity index (χ4n) is 1.69. The molecule has 0 spiro atoms. The second-order valence-corrected chi connectivity index (χ2v) is 4.60. The number of aryl methyl sites for hydroxylation is 1. The first-order valence-corrected chi connectivity index (χ1v) is 5.76. The van der Waals surface area contributed by atoms with E-state index in [1.54, 1.807) is 6.07 Å². The molecular formula is C12H13ClFNOS. The second kappa shape index (κ2) is 5.49. The van der Waals surface area contributed by atoms with Crippen LogP contribution in [0.5, 0.6) is 5.75 Å². The summed E-state index contributed by atoms with van der Waals surface area (Å²) in [4.78, 5) is 0.906. The number of hydrogen-bond acceptors (Lipinski definition) is 3. The average Bonchev–Trinajstić information content (AvgIpc) is 2.77. The number of aromatic hydroxyl groups is 1. The van der Waals surface area contributed by atoms with Gasteiger partial charge in [0.25, 0.3) is 0 Å². The minimum absolute atomic E-state index is 0. The van der Waals surface area contributed by atoms with E-state index in [9.17, 15) is 9.50 Å². The lowest BCUT2D eigenvalue weighted by Crippen LogP contribution is -2.12. The lowest BCUT2D eigenvalue weighted by molar-refractivity contribution is 0.423. The fourth-order valence-corrected chi connectivity index (χ4v) is 2.42. The zero-order valence-electron chi connectivity index (χ0n) is 9.18. The van der Waals surface area contributed by atoms with Crippen LogP contribution in [0.4, 0.5) is 4.39 Å². The molecule has 17 heavy (non-hydrogen) atoms. The van der Waals surface area contributed by atoms with Gasteiger partial charge in [0.05, 0.1) is 6.04 Å². The second-order valence-electron chi connectivity index (χ2n) is 3.62. The Morgan fingerprint density at radius 3 is 2.65 bits per heavy atom. The van der Waals surface area contributed by atoms with Crippen LogP contribution in [-0.4, -0.2) is 5.11 Å². The van der Waals surface area contributed by atoms with Crippen LogP contribution in [0.2, 0.25) is 0 Å². The molecule has 0 saturated carbocycles. The van der Waals surface area contributed by atoms with E-state index in [-0.39, 0.29) is 18.2 Å². The Morgan fingerprint density at radius 2 is 2.06 bits per heavy atom. The predicted molar refractivity (Wildman–Crippen MR) is 70.4 cm³/mol. The van der Waals surface area contributed by atoms with Crippen molar-refractivity contribution in [1.82, 2.24) is 0 Å². The molecule has 0 amide bonds. The summed E-state index contributed by atoms with van der Waals surface area (Å²) < 4.78 is 13.3. The topological polar surface area (TPSA) is 46.2 Å². The Labute approximate surface area is 109 Å². The van der Waals surface area contributed by atoms with Gasteiger partial charge in [0.15, 0.2) is 11.6 Å². The van der Waals surface area contributed by atoms with Crippen LogP contribution in [0.15, 0.2) is 29.6 Å². The molecule has 2 aromatic rings. The van der Waals surface area contributed by atoms with Crippen LogP contribution >= 0.6 is 23.7 Å². The SMILES string of the molecule is Cc1ccc(F)c(O)c1[C@H](N)c1cccs1.Cl. The molecule has 0 aliphatic carbocycles. The third-order valence-electron chi connectivity index (χ3n) is 2.55. The Kier molecular flexibility index (Phi) is 4.51. The maximum absolute atomic E-state index is 13.3. The van der Waals surface area contributed by atoms with E-state index < -0.39 is 11.9 Å². The Hall–Kier alpha value is -1.10. The lowest BCUT2D eigenvalue weighted by Gasteiger charge is -2.15. The van der Waals surface area contributed by atoms with Crippen molar-refractivity contribution in [2.45, 2.75) is 13.0 Å². The van der Waals surface area contributed by atoms with Gasteiger partial charge in [0, 0.05) is 10.4 Å². The van der Waals surface area contributed by atoms with E-state index in [1.807, 2.05) is 24.4 Å². The Balaban J connectivity index is 0.00000144. The van der Waals surface area contributed by atoms with Gasteiger partial charge in [-0.1, -0.05) is 12.1 Å². The molecule has 0 aliphatic heterocycles. The average molecular weight is 274 g/mol. The van der Waals surface area contributed by atoms with Gasteiger partial charge in [-0.25, -0.2) is 4.39 Å². The van der Waals surface area contributed by atoms with Gasteiger partial charge in [-0.3, -0.25) is 0 Å². The predicted octanol–water partition coefficient (Wildman–Crippen LogP) is 3.37. The molecule has 1 atom stereocenters. The van der Waals surface area contributed by atoms with Crippen LogP contribution in [0.1, 0.15) is 22.0 Å². The van der Waals surface area contributed by atoms with Crippen LogP contribution in [-0.2, 0) is 0 Å². The van der Waals surface area contributed by atoms with Gasteiger partial charge in [0.2, 0.25) is 0 Å². The lowest BCUT2D eigenvalue weighted by atomic mass is 9.99. The van der Waals surface area contributed by atoms with E-state index in [4.69, 9.17) is 5.73 Å². The molecule has 1 aromatic heterocycles. The van der Waals surface area contributed by atoms with Gasteiger partial charge in [-0.15, -0.1) is 23.7 Å². The molecule has 3 N–H and O–H groups in total. The number of nitrogens with two attached hydrogens (primary N) is 1. The van der Waals surface area contributed by atoms with Crippen LogP contribution in [0, 0.1) is 12.7 Å². The molecule has 0 radical (unpaired) electrons. The van der Waals surface area contributed by atoms with Crippen LogP contribution in [0.3, 0.4) is 0 Å². The summed E-state index contributed by atoms with van der Waals surface area (Å²) in [6, 6.07) is 6.15. The third-order valence-corrected chi connectivity index (χ3v) is 3.50. The molecular weight excluding hydrogens is 261 g/mol. The van der Waals surface area contributed by atoms with Crippen molar-refractivity contribution in [2.24, 2.45) is 5.73 Å². The molecule has 0 saturated heterocycles. The van der Waals surface area contributed by atoms with Crippen molar-refractivity contribution in [3.05, 3.63) is 51.5 Å². The maximum Gasteiger partial charge on any atom is 0.165 e. The molecule has 0 aliphatic rings. The van der Waals surface area contributed by atoms with Gasteiger partial charge in [-0.05, 0) is 30.0 Å². The molecule has 92 valence electrons. The summed E-state index contributed by atoms with van der Waals surface area (Å²) >= 11 is 1.49. The van der Waals surface area contributed by atoms with Gasteiger partial charge in [0.1, 0.15) is 0 Å². The number of hydrogen-bond donors (Lipinski definition) is 2. The van der Waals surface area contributed by atoms with Crippen LogP contribution < -0.4 is 5.73 Å². The molecule has 0 bridgehead atoms. The summed E-state index contributed by atoms with van der Waals surface area (Å²) in [5, 5.41) is 11.6. The van der Waals surface area contributed by atoms with Gasteiger partial charge in [-0.2, -0.15) is 0 Å². The molecule has 0 unspecified atom stereocenters. The summed E-state index contributed by atoms with van der Waals surface area (Å²) in [5.41, 5.74) is 7.27. The van der Waals surface area contributed by atoms with Gasteiger partial charge >= 0.3 is 0 Å². The quantitative estimate of drug-likeness (QED) is 0.881. The number of halogens is 2. The smallest absolute Gasteiger partial charge is 0.165 e. The summed E-state index contributed by atoms with van der Waals surface area (Å²) in [5.74, 6) is -0.978. The number of benzene rings is 1. The van der Waals surface area contributed by atoms with Crippen molar-refractivity contribution in [3.8, 4) is 5.75 Å². The van der Waals surface area contributed by atoms with E-state index in [0.29, 0.717) is 5.56 Å². The Morgan fingerprint density at radius 1 is 1.35 bits per heavy atom. The highest BCUT2D eigenvalue weighted by Gasteiger charge is 2.19. The van der Waals surface area contributed by atoms with Gasteiger partial charge < -0.3 is 10.8 Å². The molecule has 1 aromatic carbocycles. The standard InChI is InChI=1S/C12H12FNOS.ClH/c1-7-4-5-8(13)12(15)10(7)11(14)9-3-2-6-16-9;/h2-6,11,15H,14H2,1H3;1H/t11-;/m1./s1. The maximum atomic E-state index is 13.3. The van der Waals surface area contributed by atoms with Crippen molar-refractivity contribution >= 4 is 23.7 Å². The van der Waals surface area contributed by atoms with Crippen molar-refractivity contribution in [1.29, 1.82) is 0 Å².